The van der Waals surface area contributed by atoms with E-state index in [9.17, 15) is 22.0 Å². The van der Waals surface area contributed by atoms with Gasteiger partial charge in [0.1, 0.15) is 0 Å². The summed E-state index contributed by atoms with van der Waals surface area (Å²) in [5.74, 6) is -0.190. The molecule has 0 bridgehead atoms. The summed E-state index contributed by atoms with van der Waals surface area (Å²) in [5, 5.41) is 0. The topological polar surface area (TPSA) is 76.2 Å². The summed E-state index contributed by atoms with van der Waals surface area (Å²) in [7, 11) is -0.437. The van der Waals surface area contributed by atoms with E-state index in [1.54, 1.807) is 31.3 Å². The van der Waals surface area contributed by atoms with Crippen LogP contribution in [-0.2, 0) is 23.0 Å². The van der Waals surface area contributed by atoms with Crippen molar-refractivity contribution in [2.45, 2.75) is 32.5 Å². The van der Waals surface area contributed by atoms with Crippen molar-refractivity contribution in [1.29, 1.82) is 0 Å². The van der Waals surface area contributed by atoms with Gasteiger partial charge >= 0.3 is 6.61 Å². The molecule has 2 aromatic rings. The minimum Gasteiger partial charge on any atom is -0.493 e. The molecule has 0 aliphatic carbocycles. The van der Waals surface area contributed by atoms with Gasteiger partial charge in [-0.1, -0.05) is 6.07 Å². The van der Waals surface area contributed by atoms with E-state index in [0.717, 1.165) is 11.8 Å². The molecule has 2 aromatic carbocycles. The molecule has 168 valence electrons. The van der Waals surface area contributed by atoms with Crippen molar-refractivity contribution < 1.29 is 31.5 Å². The maximum absolute atomic E-state index is 12.9. The second-order valence-electron chi connectivity index (χ2n) is 7.48. The summed E-state index contributed by atoms with van der Waals surface area (Å²) in [6.07, 6.45) is 1.69. The van der Waals surface area contributed by atoms with E-state index in [4.69, 9.17) is 4.74 Å². The first-order valence-electron chi connectivity index (χ1n) is 9.50. The molecule has 31 heavy (non-hydrogen) atoms. The lowest BCUT2D eigenvalue weighted by Crippen LogP contribution is -2.34. The highest BCUT2D eigenvalue weighted by Gasteiger charge is 2.33. The summed E-state index contributed by atoms with van der Waals surface area (Å²) < 4.78 is 60.0. The van der Waals surface area contributed by atoms with E-state index in [1.165, 1.54) is 28.4 Å². The van der Waals surface area contributed by atoms with Crippen molar-refractivity contribution in [1.82, 2.24) is 4.90 Å². The van der Waals surface area contributed by atoms with Crippen LogP contribution in [0, 0.1) is 0 Å². The molecule has 0 saturated carbocycles. The fraction of sp³-hybridized carbons (Fsp3) is 0.381. The number of sulfonamides is 1. The Labute approximate surface area is 180 Å². The fourth-order valence-electron chi connectivity index (χ4n) is 3.81. The van der Waals surface area contributed by atoms with Crippen molar-refractivity contribution in [3.63, 3.8) is 0 Å². The van der Waals surface area contributed by atoms with Crippen LogP contribution in [0.1, 0.15) is 28.4 Å². The fourth-order valence-corrected chi connectivity index (χ4v) is 5.07. The van der Waals surface area contributed by atoms with Gasteiger partial charge in [0.25, 0.3) is 5.91 Å². The molecule has 0 fully saturated rings. The minimum absolute atomic E-state index is 0.0848. The highest BCUT2D eigenvalue weighted by Crippen LogP contribution is 2.35. The number of hydrogen-bond acceptors (Lipinski definition) is 5. The molecule has 1 aliphatic heterocycles. The maximum atomic E-state index is 12.9. The molecule has 0 saturated heterocycles. The summed E-state index contributed by atoms with van der Waals surface area (Å²) in [6.45, 7) is -0.929. The number of rotatable bonds is 7. The lowest BCUT2D eigenvalue weighted by atomic mass is 10.1. The highest BCUT2D eigenvalue weighted by atomic mass is 32.2. The predicted octanol–water partition coefficient (Wildman–Crippen LogP) is 3.28. The number of carbonyl (C=O) groups is 1. The quantitative estimate of drug-likeness (QED) is 0.642. The van der Waals surface area contributed by atoms with Crippen LogP contribution in [0.2, 0.25) is 0 Å². The van der Waals surface area contributed by atoms with Gasteiger partial charge in [-0.2, -0.15) is 8.78 Å². The van der Waals surface area contributed by atoms with Crippen LogP contribution in [0.25, 0.3) is 0 Å². The number of fused-ring (bicyclic) bond motifs is 1. The Morgan fingerprint density at radius 3 is 2.55 bits per heavy atom. The largest absolute Gasteiger partial charge is 0.493 e. The summed E-state index contributed by atoms with van der Waals surface area (Å²) in [6, 6.07) is 9.25. The Morgan fingerprint density at radius 1 is 1.23 bits per heavy atom. The number of alkyl halides is 2. The van der Waals surface area contributed by atoms with Crippen LogP contribution in [0.3, 0.4) is 0 Å². The number of halogens is 2. The molecule has 0 radical (unpaired) electrons. The SMILES string of the molecule is COc1cc(CN(C)C(=O)c2ccc3c(c2)C[C@H](C)N3S(C)(=O)=O)ccc1OC(F)F. The van der Waals surface area contributed by atoms with Crippen LogP contribution in [0.5, 0.6) is 11.5 Å². The van der Waals surface area contributed by atoms with Gasteiger partial charge in [-0.05, 0) is 54.8 Å². The third-order valence-electron chi connectivity index (χ3n) is 5.05. The normalized spacial score (nSPS) is 15.7. The van der Waals surface area contributed by atoms with E-state index in [0.29, 0.717) is 23.2 Å². The first-order valence-corrected chi connectivity index (χ1v) is 11.4. The number of anilines is 1. The zero-order valence-electron chi connectivity index (χ0n) is 17.6. The predicted molar refractivity (Wildman–Crippen MR) is 112 cm³/mol. The number of carbonyl (C=O) groups excluding carboxylic acids is 1. The average Bonchev–Trinajstić information content (AvgIpc) is 3.03. The van der Waals surface area contributed by atoms with Gasteiger partial charge in [-0.3, -0.25) is 9.10 Å². The Kier molecular flexibility index (Phi) is 6.40. The zero-order chi connectivity index (χ0) is 22.9. The number of methoxy groups -OCH3 is 1. The van der Waals surface area contributed by atoms with E-state index in [-0.39, 0.29) is 30.0 Å². The molecule has 3 rings (SSSR count). The van der Waals surface area contributed by atoms with Gasteiger partial charge in [-0.25, -0.2) is 8.42 Å². The molecule has 10 heteroatoms. The van der Waals surface area contributed by atoms with Crippen LogP contribution in [0.15, 0.2) is 36.4 Å². The van der Waals surface area contributed by atoms with E-state index >= 15 is 0 Å². The number of hydrogen-bond donors (Lipinski definition) is 0. The van der Waals surface area contributed by atoms with Crippen molar-refractivity contribution >= 4 is 21.6 Å². The van der Waals surface area contributed by atoms with Gasteiger partial charge in [0, 0.05) is 25.2 Å². The molecule has 0 unspecified atom stereocenters. The van der Waals surface area contributed by atoms with E-state index in [1.807, 2.05) is 6.92 Å². The van der Waals surface area contributed by atoms with Crippen molar-refractivity contribution in [3.8, 4) is 11.5 Å². The molecule has 0 spiro atoms. The Hall–Kier alpha value is -2.88. The lowest BCUT2D eigenvalue weighted by molar-refractivity contribution is -0.0512. The average molecular weight is 454 g/mol. The second kappa shape index (κ2) is 8.70. The van der Waals surface area contributed by atoms with E-state index in [2.05, 4.69) is 4.74 Å². The third kappa shape index (κ3) is 4.90. The maximum Gasteiger partial charge on any atom is 0.387 e. The Balaban J connectivity index is 1.78. The van der Waals surface area contributed by atoms with Crippen molar-refractivity contribution in [2.75, 3.05) is 24.7 Å². The molecular weight excluding hydrogens is 430 g/mol. The van der Waals surface area contributed by atoms with Crippen LogP contribution in [0.4, 0.5) is 14.5 Å². The van der Waals surface area contributed by atoms with Crippen LogP contribution >= 0.6 is 0 Å². The van der Waals surface area contributed by atoms with Gasteiger partial charge in [-0.15, -0.1) is 0 Å². The Morgan fingerprint density at radius 2 is 1.94 bits per heavy atom. The van der Waals surface area contributed by atoms with Crippen LogP contribution < -0.4 is 13.8 Å². The number of ether oxygens (including phenoxy) is 2. The van der Waals surface area contributed by atoms with Gasteiger partial charge in [0.2, 0.25) is 10.0 Å². The monoisotopic (exact) mass is 454 g/mol. The van der Waals surface area contributed by atoms with Gasteiger partial charge < -0.3 is 14.4 Å². The second-order valence-corrected chi connectivity index (χ2v) is 9.34. The zero-order valence-corrected chi connectivity index (χ0v) is 18.4. The third-order valence-corrected chi connectivity index (χ3v) is 6.32. The first-order chi connectivity index (χ1) is 14.5. The molecular formula is C21H24F2N2O5S. The number of benzene rings is 2. The standard InChI is InChI=1S/C21H24F2N2O5S/c1-13-9-16-11-15(6-7-17(16)25(13)31(4,27)28)20(26)24(2)12-14-5-8-18(30-21(22)23)19(10-14)29-3/h5-8,10-11,13,21H,9,12H2,1-4H3/t13-/m0/s1. The van der Waals surface area contributed by atoms with Crippen molar-refractivity contribution in [3.05, 3.63) is 53.1 Å². The number of nitrogens with zero attached hydrogens (tertiary/aromatic N) is 2. The van der Waals surface area contributed by atoms with Gasteiger partial charge in [0.15, 0.2) is 11.5 Å². The van der Waals surface area contributed by atoms with E-state index < -0.39 is 16.6 Å². The molecule has 7 nitrogen and oxygen atoms in total. The smallest absolute Gasteiger partial charge is 0.387 e. The summed E-state index contributed by atoms with van der Waals surface area (Å²) in [4.78, 5) is 14.4. The number of amides is 1. The molecule has 1 aliphatic rings. The van der Waals surface area contributed by atoms with Crippen molar-refractivity contribution in [2.24, 2.45) is 0 Å². The molecule has 0 N–H and O–H groups in total. The molecule has 1 atom stereocenters. The summed E-state index contributed by atoms with van der Waals surface area (Å²) >= 11 is 0. The molecule has 1 heterocycles. The highest BCUT2D eigenvalue weighted by molar-refractivity contribution is 7.92. The summed E-state index contributed by atoms with van der Waals surface area (Å²) in [5.41, 5.74) is 2.50. The first kappa shape index (κ1) is 22.8. The Bertz CT molecular complexity index is 1090. The lowest BCUT2D eigenvalue weighted by Gasteiger charge is -2.22. The molecule has 1 amide bonds. The molecule has 0 aromatic heterocycles. The van der Waals surface area contributed by atoms with Crippen LogP contribution in [-0.4, -0.2) is 52.3 Å². The minimum atomic E-state index is -3.40. The van der Waals surface area contributed by atoms with Gasteiger partial charge in [0.05, 0.1) is 19.1 Å².